The molecule has 0 aliphatic heterocycles. The van der Waals surface area contributed by atoms with E-state index in [1.807, 2.05) is 13.0 Å². The highest BCUT2D eigenvalue weighted by atomic mass is 16.4. The zero-order valence-electron chi connectivity index (χ0n) is 11.5. The van der Waals surface area contributed by atoms with Gasteiger partial charge in [0, 0.05) is 23.1 Å². The van der Waals surface area contributed by atoms with E-state index in [-0.39, 0.29) is 6.42 Å². The first-order valence-corrected chi connectivity index (χ1v) is 6.13. The van der Waals surface area contributed by atoms with E-state index in [1.165, 1.54) is 4.57 Å². The first-order valence-electron chi connectivity index (χ1n) is 6.13. The Labute approximate surface area is 115 Å². The molecule has 0 aliphatic rings. The summed E-state index contributed by atoms with van der Waals surface area (Å²) in [6, 6.07) is 1.81. The summed E-state index contributed by atoms with van der Waals surface area (Å²) in [7, 11) is 0. The molecule has 0 fully saturated rings. The van der Waals surface area contributed by atoms with Crippen molar-refractivity contribution < 1.29 is 9.90 Å². The van der Waals surface area contributed by atoms with E-state index in [0.29, 0.717) is 22.6 Å². The van der Waals surface area contributed by atoms with Gasteiger partial charge < -0.3 is 5.11 Å². The van der Waals surface area contributed by atoms with Gasteiger partial charge >= 0.3 is 11.7 Å². The van der Waals surface area contributed by atoms with Crippen LogP contribution in [0.1, 0.15) is 22.5 Å². The molecule has 2 aromatic heterocycles. The number of carboxylic acids is 1. The molecule has 0 unspecified atom stereocenters. The highest BCUT2D eigenvalue weighted by Gasteiger charge is 2.15. The Kier molecular flexibility index (Phi) is 3.65. The third-order valence-corrected chi connectivity index (χ3v) is 3.11. The molecule has 0 aromatic carbocycles. The van der Waals surface area contributed by atoms with Crippen molar-refractivity contribution >= 4 is 5.97 Å². The maximum Gasteiger partial charge on any atom is 0.352 e. The molecule has 0 radical (unpaired) electrons. The number of carboxylic acid groups (broad SMARTS) is 1. The Morgan fingerprint density at radius 2 is 2.00 bits per heavy atom. The Bertz CT molecular complexity index is 735. The van der Waals surface area contributed by atoms with E-state index in [2.05, 4.69) is 9.97 Å². The average molecular weight is 273 g/mol. The molecule has 0 saturated heterocycles. The first kappa shape index (κ1) is 13.9. The van der Waals surface area contributed by atoms with Crippen molar-refractivity contribution in [3.8, 4) is 5.69 Å². The molecule has 0 saturated carbocycles. The van der Waals surface area contributed by atoms with E-state index in [4.69, 9.17) is 5.11 Å². The predicted octanol–water partition coefficient (Wildman–Crippen LogP) is 1.18. The van der Waals surface area contributed by atoms with Crippen LogP contribution in [-0.4, -0.2) is 25.6 Å². The van der Waals surface area contributed by atoms with E-state index >= 15 is 0 Å². The molecule has 6 nitrogen and oxygen atoms in total. The zero-order chi connectivity index (χ0) is 14.9. The summed E-state index contributed by atoms with van der Waals surface area (Å²) in [4.78, 5) is 31.0. The van der Waals surface area contributed by atoms with Crippen LogP contribution in [0, 0.1) is 20.8 Å². The molecule has 0 aliphatic carbocycles. The summed E-state index contributed by atoms with van der Waals surface area (Å²) in [6.45, 7) is 5.23. The van der Waals surface area contributed by atoms with Crippen LogP contribution >= 0.6 is 0 Å². The van der Waals surface area contributed by atoms with Gasteiger partial charge in [-0.15, -0.1) is 0 Å². The van der Waals surface area contributed by atoms with Gasteiger partial charge in [0.05, 0.1) is 18.3 Å². The molecular formula is C14H15N3O3. The van der Waals surface area contributed by atoms with Crippen LogP contribution in [0.5, 0.6) is 0 Å². The van der Waals surface area contributed by atoms with Crippen molar-refractivity contribution in [3.63, 3.8) is 0 Å². The van der Waals surface area contributed by atoms with Gasteiger partial charge in [0.15, 0.2) is 0 Å². The van der Waals surface area contributed by atoms with E-state index in [9.17, 15) is 9.59 Å². The van der Waals surface area contributed by atoms with Crippen molar-refractivity contribution in [2.45, 2.75) is 27.2 Å². The van der Waals surface area contributed by atoms with Gasteiger partial charge in [-0.2, -0.15) is 4.98 Å². The third kappa shape index (κ3) is 2.59. The minimum atomic E-state index is -0.953. The van der Waals surface area contributed by atoms with Crippen LogP contribution in [0.3, 0.4) is 0 Å². The van der Waals surface area contributed by atoms with Crippen LogP contribution < -0.4 is 5.69 Å². The summed E-state index contributed by atoms with van der Waals surface area (Å²) >= 11 is 0. The van der Waals surface area contributed by atoms with Crippen LogP contribution in [-0.2, 0) is 11.2 Å². The molecule has 2 heterocycles. The highest BCUT2D eigenvalue weighted by molar-refractivity contribution is 5.71. The van der Waals surface area contributed by atoms with E-state index in [1.54, 1.807) is 26.2 Å². The number of carbonyl (C=O) groups is 1. The van der Waals surface area contributed by atoms with Gasteiger partial charge in [-0.1, -0.05) is 0 Å². The standard InChI is InChI=1S/C14H15N3O3/c1-8-4-11(7-15-6-8)17-10(3)12(5-13(18)19)9(2)16-14(17)20/h4,6-7H,5H2,1-3H3,(H,18,19). The van der Waals surface area contributed by atoms with Crippen molar-refractivity contribution in [1.29, 1.82) is 0 Å². The average Bonchev–Trinajstić information content (AvgIpc) is 2.34. The molecule has 2 aromatic rings. The summed E-state index contributed by atoms with van der Waals surface area (Å²) in [6.07, 6.45) is 3.08. The predicted molar refractivity (Wildman–Crippen MR) is 73.2 cm³/mol. The molecule has 20 heavy (non-hydrogen) atoms. The maximum atomic E-state index is 12.1. The van der Waals surface area contributed by atoms with Crippen LogP contribution in [0.15, 0.2) is 23.3 Å². The summed E-state index contributed by atoms with van der Waals surface area (Å²) < 4.78 is 1.39. The quantitative estimate of drug-likeness (QED) is 0.907. The SMILES string of the molecule is Cc1cncc(-n2c(C)c(CC(=O)O)c(C)nc2=O)c1. The number of nitrogens with zero attached hydrogens (tertiary/aromatic N) is 3. The topological polar surface area (TPSA) is 85.1 Å². The number of aliphatic carboxylic acids is 1. The number of rotatable bonds is 3. The minimum Gasteiger partial charge on any atom is -0.481 e. The molecule has 1 N–H and O–H groups in total. The van der Waals surface area contributed by atoms with Gasteiger partial charge in [0.1, 0.15) is 0 Å². The van der Waals surface area contributed by atoms with Crippen LogP contribution in [0.4, 0.5) is 0 Å². The van der Waals surface area contributed by atoms with Crippen LogP contribution in [0.25, 0.3) is 5.69 Å². The molecule has 2 rings (SSSR count). The molecule has 0 spiro atoms. The van der Waals surface area contributed by atoms with Gasteiger partial charge in [-0.05, 0) is 32.4 Å². The molecule has 6 heteroatoms. The van der Waals surface area contributed by atoms with E-state index < -0.39 is 11.7 Å². The zero-order valence-corrected chi connectivity index (χ0v) is 11.5. The molecule has 0 bridgehead atoms. The number of aromatic nitrogens is 3. The summed E-state index contributed by atoms with van der Waals surface area (Å²) in [5.74, 6) is -0.953. The fraction of sp³-hybridized carbons (Fsp3) is 0.286. The number of pyridine rings is 1. The monoisotopic (exact) mass is 273 g/mol. The number of aryl methyl sites for hydroxylation is 2. The van der Waals surface area contributed by atoms with Crippen molar-refractivity contribution in [2.24, 2.45) is 0 Å². The second kappa shape index (κ2) is 5.24. The third-order valence-electron chi connectivity index (χ3n) is 3.11. The Hall–Kier alpha value is -2.50. The van der Waals surface area contributed by atoms with Gasteiger partial charge in [-0.25, -0.2) is 4.79 Å². The highest BCUT2D eigenvalue weighted by Crippen LogP contribution is 2.15. The smallest absolute Gasteiger partial charge is 0.352 e. The lowest BCUT2D eigenvalue weighted by atomic mass is 10.1. The van der Waals surface area contributed by atoms with Crippen molar-refractivity contribution in [2.75, 3.05) is 0 Å². The molecular weight excluding hydrogens is 258 g/mol. The molecule has 0 amide bonds. The van der Waals surface area contributed by atoms with E-state index in [0.717, 1.165) is 5.56 Å². The number of hydrogen-bond donors (Lipinski definition) is 1. The lowest BCUT2D eigenvalue weighted by Gasteiger charge is -2.14. The Morgan fingerprint density at radius 1 is 1.30 bits per heavy atom. The second-order valence-corrected chi connectivity index (χ2v) is 4.67. The lowest BCUT2D eigenvalue weighted by Crippen LogP contribution is -2.27. The lowest BCUT2D eigenvalue weighted by molar-refractivity contribution is -0.136. The summed E-state index contributed by atoms with van der Waals surface area (Å²) in [5, 5.41) is 8.96. The normalized spacial score (nSPS) is 10.6. The maximum absolute atomic E-state index is 12.1. The van der Waals surface area contributed by atoms with Crippen molar-refractivity contribution in [3.05, 3.63) is 51.5 Å². The fourth-order valence-corrected chi connectivity index (χ4v) is 2.17. The number of hydrogen-bond acceptors (Lipinski definition) is 4. The Balaban J connectivity index is 2.70. The van der Waals surface area contributed by atoms with Crippen LogP contribution in [0.2, 0.25) is 0 Å². The molecule has 0 atom stereocenters. The molecule has 104 valence electrons. The largest absolute Gasteiger partial charge is 0.481 e. The van der Waals surface area contributed by atoms with Gasteiger partial charge in [-0.3, -0.25) is 14.3 Å². The minimum absolute atomic E-state index is 0.163. The second-order valence-electron chi connectivity index (χ2n) is 4.67. The first-order chi connectivity index (χ1) is 9.40. The van der Waals surface area contributed by atoms with Gasteiger partial charge in [0.2, 0.25) is 0 Å². The fourth-order valence-electron chi connectivity index (χ4n) is 2.17. The van der Waals surface area contributed by atoms with Gasteiger partial charge in [0.25, 0.3) is 0 Å². The summed E-state index contributed by atoms with van der Waals surface area (Å²) in [5.41, 5.74) is 2.66. The Morgan fingerprint density at radius 3 is 2.60 bits per heavy atom. The van der Waals surface area contributed by atoms with Crippen molar-refractivity contribution in [1.82, 2.24) is 14.5 Å².